The highest BCUT2D eigenvalue weighted by Gasteiger charge is 2.29. The van der Waals surface area contributed by atoms with Gasteiger partial charge in [0.1, 0.15) is 17.3 Å². The lowest BCUT2D eigenvalue weighted by molar-refractivity contribution is -0.138. The van der Waals surface area contributed by atoms with Gasteiger partial charge in [-0.3, -0.25) is 9.59 Å². The van der Waals surface area contributed by atoms with Crippen molar-refractivity contribution in [3.8, 4) is 11.1 Å². The molecule has 0 radical (unpaired) electrons. The Morgan fingerprint density at radius 2 is 1.74 bits per heavy atom. The number of rotatable bonds is 9. The zero-order valence-corrected chi connectivity index (χ0v) is 20.4. The predicted octanol–water partition coefficient (Wildman–Crippen LogP) is 4.51. The van der Waals surface area contributed by atoms with E-state index in [2.05, 4.69) is 34.6 Å². The second-order valence-corrected chi connectivity index (χ2v) is 9.29. The molecule has 9 heteroatoms. The minimum Gasteiger partial charge on any atom is -0.481 e. The number of carboxylic acids is 1. The fraction of sp³-hybridized carbons (Fsp3) is 0.308. The average molecular weight is 494 g/mol. The number of carbonyl (C=O) groups excluding carboxylic acids is 2. The number of benzene rings is 2. The van der Waals surface area contributed by atoms with Gasteiger partial charge in [0.25, 0.3) is 5.91 Å². The van der Waals surface area contributed by atoms with Crippen LogP contribution in [0.15, 0.2) is 53.9 Å². The van der Waals surface area contributed by atoms with E-state index in [4.69, 9.17) is 9.84 Å². The molecule has 1 aromatic heterocycles. The van der Waals surface area contributed by atoms with Gasteiger partial charge in [-0.05, 0) is 36.1 Å². The van der Waals surface area contributed by atoms with Crippen molar-refractivity contribution in [1.29, 1.82) is 0 Å². The van der Waals surface area contributed by atoms with Crippen molar-refractivity contribution in [2.45, 2.75) is 38.8 Å². The SMILES string of the molecule is CCN(C(=O)c1csc(CNC(=O)OCC2c3ccccc3-c3ccccc32)n1)C(C)CC(=O)O. The van der Waals surface area contributed by atoms with Gasteiger partial charge in [0.05, 0.1) is 13.0 Å². The van der Waals surface area contributed by atoms with Crippen LogP contribution in [0, 0.1) is 0 Å². The molecule has 0 fully saturated rings. The number of aliphatic carboxylic acids is 1. The van der Waals surface area contributed by atoms with E-state index >= 15 is 0 Å². The van der Waals surface area contributed by atoms with Gasteiger partial charge >= 0.3 is 12.1 Å². The van der Waals surface area contributed by atoms with E-state index in [1.54, 1.807) is 19.2 Å². The van der Waals surface area contributed by atoms with Gasteiger partial charge in [0, 0.05) is 23.9 Å². The summed E-state index contributed by atoms with van der Waals surface area (Å²) in [5.41, 5.74) is 4.84. The second kappa shape index (κ2) is 10.7. The van der Waals surface area contributed by atoms with Crippen LogP contribution in [-0.2, 0) is 16.1 Å². The van der Waals surface area contributed by atoms with Gasteiger partial charge in [-0.2, -0.15) is 0 Å². The summed E-state index contributed by atoms with van der Waals surface area (Å²) in [5.74, 6) is -1.31. The number of hydrogen-bond donors (Lipinski definition) is 2. The van der Waals surface area contributed by atoms with Crippen LogP contribution in [0.4, 0.5) is 4.79 Å². The molecular weight excluding hydrogens is 466 g/mol. The van der Waals surface area contributed by atoms with Crippen molar-refractivity contribution in [2.75, 3.05) is 13.2 Å². The smallest absolute Gasteiger partial charge is 0.407 e. The molecule has 0 bridgehead atoms. The van der Waals surface area contributed by atoms with Crippen LogP contribution in [0.25, 0.3) is 11.1 Å². The third-order valence-electron chi connectivity index (χ3n) is 6.10. The normalized spacial score (nSPS) is 13.0. The van der Waals surface area contributed by atoms with Gasteiger partial charge < -0.3 is 20.1 Å². The summed E-state index contributed by atoms with van der Waals surface area (Å²) in [6.45, 7) is 4.21. The Morgan fingerprint density at radius 3 is 2.34 bits per heavy atom. The third kappa shape index (κ3) is 5.35. The molecule has 0 spiro atoms. The van der Waals surface area contributed by atoms with Crippen LogP contribution in [0.3, 0.4) is 0 Å². The van der Waals surface area contributed by atoms with Gasteiger partial charge in [-0.1, -0.05) is 48.5 Å². The molecule has 1 unspecified atom stereocenters. The lowest BCUT2D eigenvalue weighted by atomic mass is 9.98. The summed E-state index contributed by atoms with van der Waals surface area (Å²) in [6, 6.07) is 15.8. The molecular formula is C26H27N3O5S. The lowest BCUT2D eigenvalue weighted by Crippen LogP contribution is -2.39. The average Bonchev–Trinajstić information content (AvgIpc) is 3.44. The van der Waals surface area contributed by atoms with E-state index in [0.29, 0.717) is 11.6 Å². The Hall–Kier alpha value is -3.72. The molecule has 8 nitrogen and oxygen atoms in total. The highest BCUT2D eigenvalue weighted by atomic mass is 32.1. The van der Waals surface area contributed by atoms with Crippen LogP contribution in [0.2, 0.25) is 0 Å². The highest BCUT2D eigenvalue weighted by molar-refractivity contribution is 7.09. The van der Waals surface area contributed by atoms with E-state index in [-0.39, 0.29) is 37.1 Å². The maximum absolute atomic E-state index is 12.8. The number of carboxylic acid groups (broad SMARTS) is 1. The van der Waals surface area contributed by atoms with E-state index < -0.39 is 18.1 Å². The third-order valence-corrected chi connectivity index (χ3v) is 6.95. The van der Waals surface area contributed by atoms with E-state index in [0.717, 1.165) is 22.3 Å². The minimum absolute atomic E-state index is 0.0231. The first-order valence-electron chi connectivity index (χ1n) is 11.4. The summed E-state index contributed by atoms with van der Waals surface area (Å²) in [6.07, 6.45) is -0.694. The van der Waals surface area contributed by atoms with Gasteiger partial charge in [-0.15, -0.1) is 11.3 Å². The number of alkyl carbamates (subject to hydrolysis) is 1. The highest BCUT2D eigenvalue weighted by Crippen LogP contribution is 2.44. The molecule has 4 rings (SSSR count). The Bertz CT molecular complexity index is 1200. The number of carbonyl (C=O) groups is 3. The number of hydrogen-bond acceptors (Lipinski definition) is 6. The summed E-state index contributed by atoms with van der Waals surface area (Å²) >= 11 is 1.25. The fourth-order valence-electron chi connectivity index (χ4n) is 4.45. The summed E-state index contributed by atoms with van der Waals surface area (Å²) in [5, 5.41) is 13.9. The Morgan fingerprint density at radius 1 is 1.11 bits per heavy atom. The number of fused-ring (bicyclic) bond motifs is 3. The lowest BCUT2D eigenvalue weighted by Gasteiger charge is -2.26. The first-order chi connectivity index (χ1) is 16.9. The quantitative estimate of drug-likeness (QED) is 0.454. The number of nitrogens with one attached hydrogen (secondary N) is 1. The molecule has 1 aliphatic rings. The zero-order chi connectivity index (χ0) is 24.9. The monoisotopic (exact) mass is 493 g/mol. The molecule has 1 heterocycles. The van der Waals surface area contributed by atoms with Gasteiger partial charge in [0.2, 0.25) is 0 Å². The number of amides is 2. The minimum atomic E-state index is -0.963. The van der Waals surface area contributed by atoms with Crippen molar-refractivity contribution < 1.29 is 24.2 Å². The maximum atomic E-state index is 12.8. The summed E-state index contributed by atoms with van der Waals surface area (Å²) in [4.78, 5) is 42.0. The topological polar surface area (TPSA) is 109 Å². The zero-order valence-electron chi connectivity index (χ0n) is 19.6. The van der Waals surface area contributed by atoms with Crippen LogP contribution < -0.4 is 5.32 Å². The van der Waals surface area contributed by atoms with E-state index in [9.17, 15) is 14.4 Å². The Kier molecular flexibility index (Phi) is 7.45. The number of thiazole rings is 1. The molecule has 0 saturated heterocycles. The molecule has 35 heavy (non-hydrogen) atoms. The molecule has 1 aliphatic carbocycles. The van der Waals surface area contributed by atoms with Crippen molar-refractivity contribution in [3.63, 3.8) is 0 Å². The predicted molar refractivity (Wildman–Crippen MR) is 132 cm³/mol. The van der Waals surface area contributed by atoms with Crippen LogP contribution in [0.1, 0.15) is 52.8 Å². The maximum Gasteiger partial charge on any atom is 0.407 e. The standard InChI is InChI=1S/C26H27N3O5S/c1-3-29(16(2)12-24(30)31)25(32)22-15-35-23(28-22)13-27-26(33)34-14-21-19-10-6-4-8-17(19)18-9-5-7-11-20(18)21/h4-11,15-16,21H,3,12-14H2,1-2H3,(H,27,33)(H,30,31). The largest absolute Gasteiger partial charge is 0.481 e. The molecule has 1 atom stereocenters. The van der Waals surface area contributed by atoms with Crippen LogP contribution >= 0.6 is 11.3 Å². The number of ether oxygens (including phenoxy) is 1. The molecule has 2 amide bonds. The molecule has 0 aliphatic heterocycles. The van der Waals surface area contributed by atoms with Gasteiger partial charge in [0.15, 0.2) is 0 Å². The van der Waals surface area contributed by atoms with E-state index in [1.807, 2.05) is 24.3 Å². The Balaban J connectivity index is 1.32. The van der Waals surface area contributed by atoms with Crippen molar-refractivity contribution >= 4 is 29.3 Å². The van der Waals surface area contributed by atoms with Crippen LogP contribution in [0.5, 0.6) is 0 Å². The van der Waals surface area contributed by atoms with Crippen molar-refractivity contribution in [3.05, 3.63) is 75.7 Å². The fourth-order valence-corrected chi connectivity index (χ4v) is 5.16. The second-order valence-electron chi connectivity index (χ2n) is 8.34. The van der Waals surface area contributed by atoms with E-state index in [1.165, 1.54) is 16.2 Å². The van der Waals surface area contributed by atoms with Crippen molar-refractivity contribution in [1.82, 2.24) is 15.2 Å². The van der Waals surface area contributed by atoms with Gasteiger partial charge in [-0.25, -0.2) is 9.78 Å². The molecule has 182 valence electrons. The van der Waals surface area contributed by atoms with Crippen LogP contribution in [-0.4, -0.2) is 52.2 Å². The van der Waals surface area contributed by atoms with Crippen molar-refractivity contribution in [2.24, 2.45) is 0 Å². The molecule has 2 N–H and O–H groups in total. The molecule has 2 aromatic carbocycles. The molecule has 0 saturated carbocycles. The Labute approximate surface area is 207 Å². The number of nitrogens with zero attached hydrogens (tertiary/aromatic N) is 2. The number of aromatic nitrogens is 1. The summed E-state index contributed by atoms with van der Waals surface area (Å²) in [7, 11) is 0. The first-order valence-corrected chi connectivity index (χ1v) is 12.3. The summed E-state index contributed by atoms with van der Waals surface area (Å²) < 4.78 is 5.54. The first kappa shape index (κ1) is 24.4. The molecule has 3 aromatic rings.